The third kappa shape index (κ3) is 4.08. The molecule has 2 heterocycles. The van der Waals surface area contributed by atoms with Gasteiger partial charge in [-0.25, -0.2) is 14.8 Å². The molecule has 0 atom stereocenters. The fourth-order valence-electron chi connectivity index (χ4n) is 1.90. The monoisotopic (exact) mass is 357 g/mol. The van der Waals surface area contributed by atoms with Gasteiger partial charge in [0.15, 0.2) is 0 Å². The van der Waals surface area contributed by atoms with Gasteiger partial charge in [0, 0.05) is 0 Å². The standard InChI is InChI=1S/C14H16ClN3O4S/c1-6(2)5-22-13(21)10-7(3)9-11(16-4-8(19)20)17-14(15)18-12(9)23-10/h6H,4-5H2,1-3H3,(H,19,20)(H,16,17,18). The number of rotatable bonds is 6. The summed E-state index contributed by atoms with van der Waals surface area (Å²) in [5.74, 6) is -0.938. The summed E-state index contributed by atoms with van der Waals surface area (Å²) in [5.41, 5.74) is 0.642. The van der Waals surface area contributed by atoms with Crippen molar-refractivity contribution >= 4 is 50.9 Å². The van der Waals surface area contributed by atoms with Crippen LogP contribution in [0.5, 0.6) is 0 Å². The number of carboxylic acid groups (broad SMARTS) is 1. The minimum atomic E-state index is -1.03. The van der Waals surface area contributed by atoms with Gasteiger partial charge in [0.05, 0.1) is 12.0 Å². The molecule has 0 radical (unpaired) electrons. The first kappa shape index (κ1) is 17.4. The van der Waals surface area contributed by atoms with Gasteiger partial charge in [-0.1, -0.05) is 13.8 Å². The summed E-state index contributed by atoms with van der Waals surface area (Å²) in [7, 11) is 0. The maximum absolute atomic E-state index is 12.2. The van der Waals surface area contributed by atoms with Crippen molar-refractivity contribution in [3.8, 4) is 0 Å². The molecule has 2 rings (SSSR count). The number of esters is 1. The molecule has 0 spiro atoms. The van der Waals surface area contributed by atoms with Crippen LogP contribution in [0.15, 0.2) is 0 Å². The topological polar surface area (TPSA) is 101 Å². The smallest absolute Gasteiger partial charge is 0.348 e. The Labute approximate surface area is 141 Å². The highest BCUT2D eigenvalue weighted by atomic mass is 35.5. The van der Waals surface area contributed by atoms with E-state index in [-0.39, 0.29) is 17.7 Å². The van der Waals surface area contributed by atoms with Gasteiger partial charge in [0.2, 0.25) is 5.28 Å². The summed E-state index contributed by atoms with van der Waals surface area (Å²) >= 11 is 7.01. The first-order chi connectivity index (χ1) is 10.8. The maximum Gasteiger partial charge on any atom is 0.348 e. The van der Waals surface area contributed by atoms with Gasteiger partial charge in [0.1, 0.15) is 22.1 Å². The fraction of sp³-hybridized carbons (Fsp3) is 0.429. The number of ether oxygens (including phenoxy) is 1. The molecule has 2 N–H and O–H groups in total. The molecule has 0 aliphatic heterocycles. The van der Waals surface area contributed by atoms with Crippen molar-refractivity contribution in [2.75, 3.05) is 18.5 Å². The van der Waals surface area contributed by atoms with Gasteiger partial charge in [-0.2, -0.15) is 0 Å². The number of carbonyl (C=O) groups excluding carboxylic acids is 1. The Morgan fingerprint density at radius 1 is 1.39 bits per heavy atom. The third-order valence-corrected chi connectivity index (χ3v) is 4.24. The van der Waals surface area contributed by atoms with Gasteiger partial charge >= 0.3 is 11.9 Å². The molecule has 23 heavy (non-hydrogen) atoms. The van der Waals surface area contributed by atoms with Gasteiger partial charge in [-0.15, -0.1) is 11.3 Å². The van der Waals surface area contributed by atoms with E-state index in [9.17, 15) is 9.59 Å². The van der Waals surface area contributed by atoms with Crippen molar-refractivity contribution in [2.45, 2.75) is 20.8 Å². The van der Waals surface area contributed by atoms with Gasteiger partial charge < -0.3 is 15.2 Å². The molecule has 0 fully saturated rings. The first-order valence-electron chi connectivity index (χ1n) is 6.89. The van der Waals surface area contributed by atoms with Crippen molar-refractivity contribution < 1.29 is 19.4 Å². The number of halogens is 1. The van der Waals surface area contributed by atoms with Crippen molar-refractivity contribution in [2.24, 2.45) is 5.92 Å². The molecular weight excluding hydrogens is 342 g/mol. The van der Waals surface area contributed by atoms with E-state index in [4.69, 9.17) is 21.4 Å². The van der Waals surface area contributed by atoms with Crippen LogP contribution >= 0.6 is 22.9 Å². The Bertz CT molecular complexity index is 760. The normalized spacial score (nSPS) is 11.0. The lowest BCUT2D eigenvalue weighted by Gasteiger charge is -2.07. The molecule has 0 aromatic carbocycles. The highest BCUT2D eigenvalue weighted by molar-refractivity contribution is 7.20. The Morgan fingerprint density at radius 2 is 2.09 bits per heavy atom. The van der Waals surface area contributed by atoms with Crippen molar-refractivity contribution in [3.05, 3.63) is 15.7 Å². The van der Waals surface area contributed by atoms with Crippen LogP contribution in [0.4, 0.5) is 5.82 Å². The summed E-state index contributed by atoms with van der Waals surface area (Å²) in [6.45, 7) is 5.65. The minimum Gasteiger partial charge on any atom is -0.480 e. The molecule has 9 heteroatoms. The quantitative estimate of drug-likeness (QED) is 0.605. The zero-order valence-corrected chi connectivity index (χ0v) is 14.4. The van der Waals surface area contributed by atoms with Crippen LogP contribution < -0.4 is 5.32 Å². The maximum atomic E-state index is 12.2. The molecule has 0 saturated carbocycles. The number of nitrogens with zero attached hydrogens (tertiary/aromatic N) is 2. The summed E-state index contributed by atoms with van der Waals surface area (Å²) in [4.78, 5) is 32.0. The van der Waals surface area contributed by atoms with Crippen LogP contribution in [0.3, 0.4) is 0 Å². The Morgan fingerprint density at radius 3 is 2.70 bits per heavy atom. The number of fused-ring (bicyclic) bond motifs is 1. The second kappa shape index (κ2) is 7.10. The molecule has 0 unspecified atom stereocenters. The molecular formula is C14H16ClN3O4S. The van der Waals surface area contributed by atoms with Crippen LogP contribution in [-0.2, 0) is 9.53 Å². The van der Waals surface area contributed by atoms with Crippen LogP contribution in [0.1, 0.15) is 29.1 Å². The highest BCUT2D eigenvalue weighted by Gasteiger charge is 2.21. The SMILES string of the molecule is Cc1c(C(=O)OCC(C)C)sc2nc(Cl)nc(NCC(=O)O)c12. The van der Waals surface area contributed by atoms with Gasteiger partial charge in [-0.3, -0.25) is 4.79 Å². The molecule has 124 valence electrons. The molecule has 0 aliphatic rings. The number of anilines is 1. The van der Waals surface area contributed by atoms with Gasteiger partial charge in [-0.05, 0) is 30.0 Å². The van der Waals surface area contributed by atoms with Crippen molar-refractivity contribution in [3.63, 3.8) is 0 Å². The molecule has 0 amide bonds. The highest BCUT2D eigenvalue weighted by Crippen LogP contribution is 2.35. The summed E-state index contributed by atoms with van der Waals surface area (Å²) in [6, 6.07) is 0. The fourth-order valence-corrected chi connectivity index (χ4v) is 3.20. The predicted molar refractivity (Wildman–Crippen MR) is 88.4 cm³/mol. The number of aromatic nitrogens is 2. The second-order valence-electron chi connectivity index (χ2n) is 5.32. The van der Waals surface area contributed by atoms with E-state index in [1.165, 1.54) is 0 Å². The molecule has 2 aromatic rings. The van der Waals surface area contributed by atoms with E-state index in [1.54, 1.807) is 6.92 Å². The number of thiophene rings is 1. The lowest BCUT2D eigenvalue weighted by Crippen LogP contribution is -2.14. The van der Waals surface area contributed by atoms with E-state index in [0.717, 1.165) is 11.3 Å². The third-order valence-electron chi connectivity index (χ3n) is 2.90. The average Bonchev–Trinajstić information content (AvgIpc) is 2.79. The molecule has 0 aliphatic carbocycles. The zero-order valence-electron chi connectivity index (χ0n) is 12.8. The van der Waals surface area contributed by atoms with E-state index in [0.29, 0.717) is 33.1 Å². The second-order valence-corrected chi connectivity index (χ2v) is 6.65. The summed E-state index contributed by atoms with van der Waals surface area (Å²) < 4.78 is 5.24. The van der Waals surface area contributed by atoms with E-state index < -0.39 is 11.9 Å². The van der Waals surface area contributed by atoms with Crippen LogP contribution in [0.2, 0.25) is 5.28 Å². The van der Waals surface area contributed by atoms with E-state index >= 15 is 0 Å². The van der Waals surface area contributed by atoms with E-state index in [1.807, 2.05) is 13.8 Å². The minimum absolute atomic E-state index is 0.0197. The average molecular weight is 358 g/mol. The lowest BCUT2D eigenvalue weighted by atomic mass is 10.2. The molecule has 7 nitrogen and oxygen atoms in total. The number of aliphatic carboxylic acids is 1. The van der Waals surface area contributed by atoms with Gasteiger partial charge in [0.25, 0.3) is 0 Å². The number of carbonyl (C=O) groups is 2. The Balaban J connectivity index is 2.42. The first-order valence-corrected chi connectivity index (χ1v) is 8.08. The molecule has 0 saturated heterocycles. The Kier molecular flexibility index (Phi) is 5.38. The van der Waals surface area contributed by atoms with E-state index in [2.05, 4.69) is 15.3 Å². The van der Waals surface area contributed by atoms with Crippen molar-refractivity contribution in [1.82, 2.24) is 9.97 Å². The largest absolute Gasteiger partial charge is 0.480 e. The van der Waals surface area contributed by atoms with Crippen LogP contribution in [0.25, 0.3) is 10.2 Å². The Hall–Kier alpha value is -1.93. The van der Waals surface area contributed by atoms with Crippen LogP contribution in [0, 0.1) is 12.8 Å². The van der Waals surface area contributed by atoms with Crippen LogP contribution in [-0.4, -0.2) is 40.2 Å². The summed E-state index contributed by atoms with van der Waals surface area (Å²) in [6.07, 6.45) is 0. The van der Waals surface area contributed by atoms with Crippen molar-refractivity contribution in [1.29, 1.82) is 0 Å². The number of nitrogens with one attached hydrogen (secondary N) is 1. The summed E-state index contributed by atoms with van der Waals surface area (Å²) in [5, 5.41) is 12.0. The number of hydrogen-bond donors (Lipinski definition) is 2. The predicted octanol–water partition coefficient (Wildman–Crippen LogP) is 2.96. The zero-order chi connectivity index (χ0) is 17.1. The number of hydrogen-bond acceptors (Lipinski definition) is 7. The number of aryl methyl sites for hydroxylation is 1. The lowest BCUT2D eigenvalue weighted by molar-refractivity contribution is -0.134. The number of carboxylic acids is 1. The molecule has 2 aromatic heterocycles. The molecule has 0 bridgehead atoms.